The van der Waals surface area contributed by atoms with Crippen molar-refractivity contribution in [1.29, 1.82) is 0 Å². The number of hydrogen-bond acceptors (Lipinski definition) is 5. The van der Waals surface area contributed by atoms with Crippen molar-refractivity contribution in [3.8, 4) is 17.2 Å². The van der Waals surface area contributed by atoms with Crippen LogP contribution in [-0.2, 0) is 4.74 Å². The van der Waals surface area contributed by atoms with E-state index in [9.17, 15) is 0 Å². The van der Waals surface area contributed by atoms with E-state index in [1.807, 2.05) is 30.3 Å². The number of ether oxygens (including phenoxy) is 3. The normalized spacial score (nSPS) is 16.0. The van der Waals surface area contributed by atoms with Crippen LogP contribution in [0.2, 0.25) is 0 Å². The van der Waals surface area contributed by atoms with Crippen LogP contribution in [0.25, 0.3) is 0 Å². The highest BCUT2D eigenvalue weighted by Crippen LogP contribution is 2.33. The van der Waals surface area contributed by atoms with Gasteiger partial charge in [0.1, 0.15) is 23.9 Å². The summed E-state index contributed by atoms with van der Waals surface area (Å²) in [5, 5.41) is 0. The average molecular weight is 368 g/mol. The average Bonchev–Trinajstić information content (AvgIpc) is 3.13. The maximum Gasteiger partial charge on any atom is 0.131 e. The lowest BCUT2D eigenvalue weighted by molar-refractivity contribution is 0.146. The molecule has 1 aliphatic rings. The molecule has 5 nitrogen and oxygen atoms in total. The number of rotatable bonds is 9. The van der Waals surface area contributed by atoms with Gasteiger partial charge in [0.15, 0.2) is 0 Å². The van der Waals surface area contributed by atoms with Gasteiger partial charge in [0.2, 0.25) is 0 Å². The van der Waals surface area contributed by atoms with E-state index in [4.69, 9.17) is 19.9 Å². The van der Waals surface area contributed by atoms with E-state index in [0.29, 0.717) is 25.8 Å². The number of nitrogens with two attached hydrogens (primary N) is 1. The van der Waals surface area contributed by atoms with Crippen LogP contribution in [0.15, 0.2) is 54.7 Å². The van der Waals surface area contributed by atoms with Crippen LogP contribution in [0.3, 0.4) is 0 Å². The van der Waals surface area contributed by atoms with Crippen LogP contribution in [0.4, 0.5) is 5.69 Å². The van der Waals surface area contributed by atoms with Crippen LogP contribution < -0.4 is 20.1 Å². The molecule has 0 radical (unpaired) electrons. The summed E-state index contributed by atoms with van der Waals surface area (Å²) in [6.07, 6.45) is 6.39. The van der Waals surface area contributed by atoms with Gasteiger partial charge < -0.3 is 24.8 Å². The molecule has 0 bridgehead atoms. The monoisotopic (exact) mass is 368 g/mol. The molecule has 1 unspecified atom stereocenters. The third-order valence-electron chi connectivity index (χ3n) is 4.61. The van der Waals surface area contributed by atoms with E-state index in [0.717, 1.165) is 35.7 Å². The zero-order valence-corrected chi connectivity index (χ0v) is 16.1. The van der Waals surface area contributed by atoms with Crippen molar-refractivity contribution in [2.24, 2.45) is 5.73 Å². The first-order valence-electron chi connectivity index (χ1n) is 9.36. The summed E-state index contributed by atoms with van der Waals surface area (Å²) in [4.78, 5) is 2.30. The van der Waals surface area contributed by atoms with Crippen molar-refractivity contribution in [1.82, 2.24) is 0 Å². The Bertz CT molecular complexity index is 776. The fraction of sp³-hybridized carbons (Fsp3) is 0.364. The van der Waals surface area contributed by atoms with Gasteiger partial charge >= 0.3 is 0 Å². The molecular formula is C22H28N2O3. The van der Waals surface area contributed by atoms with E-state index in [1.165, 1.54) is 5.69 Å². The molecule has 0 aromatic heterocycles. The summed E-state index contributed by atoms with van der Waals surface area (Å²) in [6, 6.07) is 14.4. The van der Waals surface area contributed by atoms with Gasteiger partial charge in [0.05, 0.1) is 6.61 Å². The van der Waals surface area contributed by atoms with Crippen LogP contribution in [0, 0.1) is 6.92 Å². The predicted octanol–water partition coefficient (Wildman–Crippen LogP) is 4.25. The van der Waals surface area contributed by atoms with Crippen molar-refractivity contribution in [3.05, 3.63) is 60.3 Å². The molecule has 0 saturated heterocycles. The molecule has 2 N–H and O–H groups in total. The first-order valence-corrected chi connectivity index (χ1v) is 9.36. The molecule has 2 aromatic rings. The number of benzene rings is 2. The summed E-state index contributed by atoms with van der Waals surface area (Å²) in [5.41, 5.74) is 8.01. The summed E-state index contributed by atoms with van der Waals surface area (Å²) in [5.74, 6) is 2.36. The van der Waals surface area contributed by atoms with Crippen LogP contribution in [0.1, 0.15) is 18.4 Å². The number of anilines is 1. The maximum atomic E-state index is 6.08. The van der Waals surface area contributed by atoms with Crippen LogP contribution in [-0.4, -0.2) is 32.9 Å². The van der Waals surface area contributed by atoms with Gasteiger partial charge in [0, 0.05) is 31.1 Å². The Morgan fingerprint density at radius 1 is 1.11 bits per heavy atom. The quantitative estimate of drug-likeness (QED) is 0.671. The number of aryl methyl sites for hydroxylation is 1. The Hall–Kier alpha value is -2.50. The maximum absolute atomic E-state index is 6.08. The van der Waals surface area contributed by atoms with Gasteiger partial charge in [-0.3, -0.25) is 0 Å². The summed E-state index contributed by atoms with van der Waals surface area (Å²) in [6.45, 7) is 3.84. The highest BCUT2D eigenvalue weighted by molar-refractivity contribution is 5.57. The largest absolute Gasteiger partial charge is 0.491 e. The fourth-order valence-electron chi connectivity index (χ4n) is 3.22. The van der Waals surface area contributed by atoms with Crippen LogP contribution in [0.5, 0.6) is 17.2 Å². The lowest BCUT2D eigenvalue weighted by Gasteiger charge is -2.26. The van der Waals surface area contributed by atoms with Crippen molar-refractivity contribution < 1.29 is 14.2 Å². The standard InChI is InChI=1S/C22H28N2O3/c1-17-15-19(24-12-4-5-18(24)10-11-23)8-9-22(17)27-21-7-3-6-20(16-21)26-14-13-25-2/h3-4,6-9,12,15-16,18H,5,10-11,13-14,23H2,1-2H3. The Balaban J connectivity index is 1.69. The smallest absolute Gasteiger partial charge is 0.131 e. The first-order chi connectivity index (χ1) is 13.2. The van der Waals surface area contributed by atoms with Crippen LogP contribution >= 0.6 is 0 Å². The summed E-state index contributed by atoms with van der Waals surface area (Å²) in [7, 11) is 1.66. The Morgan fingerprint density at radius 3 is 2.74 bits per heavy atom. The van der Waals surface area contributed by atoms with Crippen molar-refractivity contribution in [2.75, 3.05) is 31.8 Å². The molecule has 1 atom stereocenters. The Kier molecular flexibility index (Phi) is 6.74. The van der Waals surface area contributed by atoms with Gasteiger partial charge in [-0.25, -0.2) is 0 Å². The van der Waals surface area contributed by atoms with Crippen molar-refractivity contribution in [2.45, 2.75) is 25.8 Å². The second-order valence-electron chi connectivity index (χ2n) is 6.63. The minimum atomic E-state index is 0.446. The third kappa shape index (κ3) is 5.02. The van der Waals surface area contributed by atoms with E-state index in [1.54, 1.807) is 7.11 Å². The topological polar surface area (TPSA) is 57.0 Å². The predicted molar refractivity (Wildman–Crippen MR) is 109 cm³/mol. The van der Waals surface area contributed by atoms with E-state index < -0.39 is 0 Å². The lowest BCUT2D eigenvalue weighted by atomic mass is 10.1. The van der Waals surface area contributed by atoms with Gasteiger partial charge in [-0.15, -0.1) is 0 Å². The van der Waals surface area contributed by atoms with Gasteiger partial charge in [0.25, 0.3) is 0 Å². The van der Waals surface area contributed by atoms with Gasteiger partial charge in [-0.05, 0) is 62.2 Å². The van der Waals surface area contributed by atoms with Crippen molar-refractivity contribution >= 4 is 5.69 Å². The minimum absolute atomic E-state index is 0.446. The number of methoxy groups -OCH3 is 1. The third-order valence-corrected chi connectivity index (χ3v) is 4.61. The molecule has 2 aromatic carbocycles. The highest BCUT2D eigenvalue weighted by Gasteiger charge is 2.20. The SMILES string of the molecule is COCCOc1cccc(Oc2ccc(N3C=CCC3CCN)cc2C)c1. The molecule has 0 fully saturated rings. The Labute approximate surface area is 161 Å². The second-order valence-corrected chi connectivity index (χ2v) is 6.63. The van der Waals surface area contributed by atoms with E-state index in [-0.39, 0.29) is 0 Å². The molecule has 0 aliphatic carbocycles. The molecule has 1 aliphatic heterocycles. The van der Waals surface area contributed by atoms with Gasteiger partial charge in [-0.1, -0.05) is 12.1 Å². The molecule has 0 spiro atoms. The fourth-order valence-corrected chi connectivity index (χ4v) is 3.22. The zero-order valence-electron chi connectivity index (χ0n) is 16.1. The number of hydrogen-bond donors (Lipinski definition) is 1. The Morgan fingerprint density at radius 2 is 1.96 bits per heavy atom. The van der Waals surface area contributed by atoms with E-state index >= 15 is 0 Å². The molecule has 5 heteroatoms. The summed E-state index contributed by atoms with van der Waals surface area (Å²) >= 11 is 0. The molecule has 27 heavy (non-hydrogen) atoms. The lowest BCUT2D eigenvalue weighted by Crippen LogP contribution is -2.28. The molecule has 0 saturated carbocycles. The minimum Gasteiger partial charge on any atom is -0.491 e. The highest BCUT2D eigenvalue weighted by atomic mass is 16.5. The molecule has 0 amide bonds. The molecular weight excluding hydrogens is 340 g/mol. The molecule has 3 rings (SSSR count). The van der Waals surface area contributed by atoms with E-state index in [2.05, 4.69) is 36.2 Å². The second kappa shape index (κ2) is 9.44. The van der Waals surface area contributed by atoms with Crippen molar-refractivity contribution in [3.63, 3.8) is 0 Å². The first kappa shape index (κ1) is 19.3. The molecule has 144 valence electrons. The zero-order chi connectivity index (χ0) is 19.1. The molecule has 1 heterocycles. The van der Waals surface area contributed by atoms with Gasteiger partial charge in [-0.2, -0.15) is 0 Å². The number of nitrogens with zero attached hydrogens (tertiary/aromatic N) is 1. The summed E-state index contributed by atoms with van der Waals surface area (Å²) < 4.78 is 16.7.